The number of aryl methyl sites for hydroxylation is 2. The lowest BCUT2D eigenvalue weighted by molar-refractivity contribution is 0.194. The average Bonchev–Trinajstić information content (AvgIpc) is 3.21. The van der Waals surface area contributed by atoms with E-state index in [2.05, 4.69) is 34.1 Å². The highest BCUT2D eigenvalue weighted by atomic mass is 35.5. The molecule has 1 aliphatic heterocycles. The third-order valence-corrected chi connectivity index (χ3v) is 6.39. The summed E-state index contributed by atoms with van der Waals surface area (Å²) < 4.78 is 2.16. The molecule has 0 saturated heterocycles. The Bertz CT molecular complexity index is 1310. The fourth-order valence-corrected chi connectivity index (χ4v) is 4.74. The summed E-state index contributed by atoms with van der Waals surface area (Å²) in [6, 6.07) is 25.6. The van der Waals surface area contributed by atoms with Gasteiger partial charge in [-0.25, -0.2) is 4.79 Å². The molecule has 5 heteroatoms. The van der Waals surface area contributed by atoms with Crippen molar-refractivity contribution in [1.82, 2.24) is 9.47 Å². The summed E-state index contributed by atoms with van der Waals surface area (Å²) in [5, 5.41) is 3.78. The molecule has 3 aromatic carbocycles. The van der Waals surface area contributed by atoms with Gasteiger partial charge in [0.1, 0.15) is 6.04 Å². The molecule has 0 radical (unpaired) electrons. The molecule has 0 bridgehead atoms. The molecule has 2 heterocycles. The second kappa shape index (κ2) is 8.21. The van der Waals surface area contributed by atoms with Crippen LogP contribution in [-0.2, 0) is 6.54 Å². The first-order chi connectivity index (χ1) is 15.5. The van der Waals surface area contributed by atoms with Crippen LogP contribution in [0.4, 0.5) is 10.5 Å². The zero-order chi connectivity index (χ0) is 22.2. The Morgan fingerprint density at radius 3 is 2.56 bits per heavy atom. The minimum absolute atomic E-state index is 0.161. The number of hydrogen-bond acceptors (Lipinski definition) is 1. The lowest BCUT2D eigenvalue weighted by Gasteiger charge is -2.31. The van der Waals surface area contributed by atoms with E-state index < -0.39 is 0 Å². The van der Waals surface area contributed by atoms with E-state index in [4.69, 9.17) is 11.6 Å². The van der Waals surface area contributed by atoms with Crippen molar-refractivity contribution in [3.63, 3.8) is 0 Å². The van der Waals surface area contributed by atoms with Crippen molar-refractivity contribution in [1.29, 1.82) is 0 Å². The number of fused-ring (bicyclic) bond motifs is 3. The normalized spacial score (nSPS) is 15.0. The van der Waals surface area contributed by atoms with E-state index in [0.717, 1.165) is 39.3 Å². The van der Waals surface area contributed by atoms with Crippen molar-refractivity contribution in [3.8, 4) is 5.69 Å². The minimum Gasteiger partial charge on any atom is -0.318 e. The summed E-state index contributed by atoms with van der Waals surface area (Å²) in [7, 11) is 0. The Balaban J connectivity index is 1.65. The van der Waals surface area contributed by atoms with Crippen molar-refractivity contribution in [2.45, 2.75) is 26.4 Å². The van der Waals surface area contributed by atoms with E-state index >= 15 is 0 Å². The summed E-state index contributed by atoms with van der Waals surface area (Å²) >= 11 is 6.66. The number of aromatic nitrogens is 1. The molecular formula is C27H24ClN3O. The van der Waals surface area contributed by atoms with Gasteiger partial charge in [0.2, 0.25) is 0 Å². The largest absolute Gasteiger partial charge is 0.322 e. The molecule has 1 aliphatic rings. The summed E-state index contributed by atoms with van der Waals surface area (Å²) in [5.41, 5.74) is 7.06. The number of urea groups is 1. The van der Waals surface area contributed by atoms with Crippen LogP contribution in [0.2, 0.25) is 5.02 Å². The summed E-state index contributed by atoms with van der Waals surface area (Å²) in [4.78, 5) is 15.6. The Labute approximate surface area is 193 Å². The maximum Gasteiger partial charge on any atom is 0.322 e. The number of hydrogen-bond donors (Lipinski definition) is 1. The number of carbonyl (C=O) groups excluding carboxylic acids is 1. The van der Waals surface area contributed by atoms with Crippen LogP contribution in [0.5, 0.6) is 0 Å². The van der Waals surface area contributed by atoms with Gasteiger partial charge in [0, 0.05) is 16.9 Å². The zero-order valence-corrected chi connectivity index (χ0v) is 18.8. The van der Waals surface area contributed by atoms with Crippen molar-refractivity contribution >= 4 is 23.3 Å². The number of nitrogens with one attached hydrogen (secondary N) is 1. The number of rotatable bonds is 2. The second-order valence-electron chi connectivity index (χ2n) is 8.23. The number of carbonyl (C=O) groups is 1. The number of nitrogens with zero attached hydrogens (tertiary/aromatic N) is 2. The first kappa shape index (κ1) is 20.4. The predicted octanol–water partition coefficient (Wildman–Crippen LogP) is 6.88. The van der Waals surface area contributed by atoms with Gasteiger partial charge in [0.25, 0.3) is 0 Å². The molecule has 32 heavy (non-hydrogen) atoms. The van der Waals surface area contributed by atoms with Gasteiger partial charge in [-0.05, 0) is 60.9 Å². The Morgan fingerprint density at radius 1 is 0.969 bits per heavy atom. The molecule has 0 spiro atoms. The number of amides is 2. The SMILES string of the molecule is Cc1ccc(NC(=O)N2Cc3ccccc3-n3cccc3C2c2ccccc2Cl)c(C)c1. The molecule has 4 aromatic rings. The first-order valence-corrected chi connectivity index (χ1v) is 11.1. The van der Waals surface area contributed by atoms with Crippen molar-refractivity contribution in [2.75, 3.05) is 5.32 Å². The highest BCUT2D eigenvalue weighted by molar-refractivity contribution is 6.31. The van der Waals surface area contributed by atoms with Gasteiger partial charge in [0.15, 0.2) is 0 Å². The number of halogens is 1. The highest BCUT2D eigenvalue weighted by Gasteiger charge is 2.34. The monoisotopic (exact) mass is 441 g/mol. The van der Waals surface area contributed by atoms with Crippen molar-refractivity contribution in [2.24, 2.45) is 0 Å². The number of benzene rings is 3. The van der Waals surface area contributed by atoms with Gasteiger partial charge in [-0.2, -0.15) is 0 Å². The molecule has 2 amide bonds. The van der Waals surface area contributed by atoms with Gasteiger partial charge in [-0.15, -0.1) is 0 Å². The zero-order valence-electron chi connectivity index (χ0n) is 18.0. The van der Waals surface area contributed by atoms with Crippen LogP contribution in [0, 0.1) is 13.8 Å². The van der Waals surface area contributed by atoms with Gasteiger partial charge in [0.05, 0.1) is 17.9 Å². The molecule has 1 atom stereocenters. The van der Waals surface area contributed by atoms with E-state index in [9.17, 15) is 4.79 Å². The Kier molecular flexibility index (Phi) is 5.24. The van der Waals surface area contributed by atoms with Gasteiger partial charge in [-0.3, -0.25) is 0 Å². The lowest BCUT2D eigenvalue weighted by Crippen LogP contribution is -2.38. The molecule has 1 N–H and O–H groups in total. The predicted molar refractivity (Wildman–Crippen MR) is 130 cm³/mol. The standard InChI is InChI=1S/C27H24ClN3O/c1-18-13-14-23(19(2)16-18)29-27(32)31-17-20-8-3-6-11-24(20)30-15-7-12-25(30)26(31)21-9-4-5-10-22(21)28/h3-16,26H,17H2,1-2H3,(H,29,32). The molecule has 160 valence electrons. The second-order valence-corrected chi connectivity index (χ2v) is 8.64. The topological polar surface area (TPSA) is 37.3 Å². The van der Waals surface area contributed by atoms with Gasteiger partial charge >= 0.3 is 6.03 Å². The van der Waals surface area contributed by atoms with E-state index in [0.29, 0.717) is 11.6 Å². The van der Waals surface area contributed by atoms with Crippen LogP contribution in [0.1, 0.15) is 34.0 Å². The van der Waals surface area contributed by atoms with Crippen molar-refractivity contribution < 1.29 is 4.79 Å². The van der Waals surface area contributed by atoms with E-state index in [1.807, 2.05) is 79.5 Å². The molecule has 1 aromatic heterocycles. The van der Waals surface area contributed by atoms with Crippen LogP contribution in [0.25, 0.3) is 5.69 Å². The van der Waals surface area contributed by atoms with Crippen LogP contribution in [0.3, 0.4) is 0 Å². The first-order valence-electron chi connectivity index (χ1n) is 10.7. The van der Waals surface area contributed by atoms with Crippen LogP contribution >= 0.6 is 11.6 Å². The lowest BCUT2D eigenvalue weighted by atomic mass is 10.0. The molecular weight excluding hydrogens is 418 g/mol. The number of anilines is 1. The fourth-order valence-electron chi connectivity index (χ4n) is 4.50. The smallest absolute Gasteiger partial charge is 0.318 e. The van der Waals surface area contributed by atoms with Gasteiger partial charge < -0.3 is 14.8 Å². The van der Waals surface area contributed by atoms with E-state index in [1.165, 1.54) is 0 Å². The quantitative estimate of drug-likeness (QED) is 0.361. The molecule has 5 rings (SSSR count). The van der Waals surface area contributed by atoms with E-state index in [-0.39, 0.29) is 12.1 Å². The third kappa shape index (κ3) is 3.57. The maximum absolute atomic E-state index is 13.8. The fraction of sp³-hybridized carbons (Fsp3) is 0.148. The van der Waals surface area contributed by atoms with Crippen LogP contribution in [0.15, 0.2) is 85.1 Å². The van der Waals surface area contributed by atoms with Crippen LogP contribution < -0.4 is 5.32 Å². The minimum atomic E-state index is -0.336. The summed E-state index contributed by atoms with van der Waals surface area (Å²) in [6.07, 6.45) is 2.05. The van der Waals surface area contributed by atoms with E-state index in [1.54, 1.807) is 0 Å². The number of para-hydroxylation sites is 1. The van der Waals surface area contributed by atoms with Gasteiger partial charge in [-0.1, -0.05) is 65.7 Å². The molecule has 1 unspecified atom stereocenters. The Hall–Kier alpha value is -3.50. The molecule has 0 fully saturated rings. The summed E-state index contributed by atoms with van der Waals surface area (Å²) in [5.74, 6) is 0. The highest BCUT2D eigenvalue weighted by Crippen LogP contribution is 2.39. The average molecular weight is 442 g/mol. The molecule has 0 aliphatic carbocycles. The molecule has 0 saturated carbocycles. The third-order valence-electron chi connectivity index (χ3n) is 6.05. The van der Waals surface area contributed by atoms with Crippen molar-refractivity contribution in [3.05, 3.63) is 118 Å². The maximum atomic E-state index is 13.8. The van der Waals surface area contributed by atoms with Crippen LogP contribution in [-0.4, -0.2) is 15.5 Å². The summed E-state index contributed by atoms with van der Waals surface area (Å²) in [6.45, 7) is 4.52. The Morgan fingerprint density at radius 2 is 1.75 bits per heavy atom. The molecule has 4 nitrogen and oxygen atoms in total.